The zero-order valence-electron chi connectivity index (χ0n) is 21.2. The smallest absolute Gasteiger partial charge is 0.263 e. The number of ether oxygens (including phenoxy) is 1. The zero-order chi connectivity index (χ0) is 27.5. The predicted molar refractivity (Wildman–Crippen MR) is 159 cm³/mol. The Kier molecular flexibility index (Phi) is 7.53. The topological polar surface area (TPSA) is 118 Å². The highest BCUT2D eigenvalue weighted by molar-refractivity contribution is 7.92. The van der Waals surface area contributed by atoms with Crippen LogP contribution in [0.5, 0.6) is 11.6 Å². The molecule has 0 amide bonds. The van der Waals surface area contributed by atoms with Gasteiger partial charge in [-0.15, -0.1) is 11.3 Å². The second-order valence-electron chi connectivity index (χ2n) is 9.23. The number of thiazole rings is 1. The molecule has 2 aromatic heterocycles. The first-order valence-electron chi connectivity index (χ1n) is 12.7. The van der Waals surface area contributed by atoms with Crippen molar-refractivity contribution >= 4 is 55.4 Å². The lowest BCUT2D eigenvalue weighted by Gasteiger charge is -2.23. The van der Waals surface area contributed by atoms with Crippen LogP contribution >= 0.6 is 22.9 Å². The molecule has 0 aliphatic carbocycles. The summed E-state index contributed by atoms with van der Waals surface area (Å²) in [5.41, 5.74) is 2.82. The number of hydrogen-bond donors (Lipinski definition) is 3. The molecule has 12 heteroatoms. The Morgan fingerprint density at radius 1 is 1.00 bits per heavy atom. The van der Waals surface area contributed by atoms with Crippen molar-refractivity contribution in [3.05, 3.63) is 83.5 Å². The highest BCUT2D eigenvalue weighted by Crippen LogP contribution is 2.39. The first kappa shape index (κ1) is 26.5. The van der Waals surface area contributed by atoms with Gasteiger partial charge in [0.05, 0.1) is 21.9 Å². The van der Waals surface area contributed by atoms with Gasteiger partial charge in [0.15, 0.2) is 0 Å². The minimum absolute atomic E-state index is 0.00616. The Hall–Kier alpha value is -3.77. The minimum atomic E-state index is -3.91. The van der Waals surface area contributed by atoms with E-state index in [0.29, 0.717) is 34.3 Å². The van der Waals surface area contributed by atoms with E-state index in [0.717, 1.165) is 36.2 Å². The van der Waals surface area contributed by atoms with Crippen molar-refractivity contribution in [2.75, 3.05) is 23.1 Å². The van der Waals surface area contributed by atoms with Crippen LogP contribution in [0.1, 0.15) is 12.8 Å². The number of fused-ring (bicyclic) bond motifs is 1. The number of hydrogen-bond acceptors (Lipinski definition) is 9. The van der Waals surface area contributed by atoms with Crippen molar-refractivity contribution in [2.24, 2.45) is 0 Å². The summed E-state index contributed by atoms with van der Waals surface area (Å²) in [5, 5.41) is 8.33. The molecule has 3 heterocycles. The molecule has 1 aliphatic heterocycles. The number of benzene rings is 3. The number of aromatic nitrogens is 3. The van der Waals surface area contributed by atoms with Crippen molar-refractivity contribution < 1.29 is 13.2 Å². The Morgan fingerprint density at radius 2 is 1.85 bits per heavy atom. The molecule has 9 nitrogen and oxygen atoms in total. The lowest BCUT2D eigenvalue weighted by atomic mass is 10.1. The normalized spacial score (nSPS) is 15.6. The third-order valence-electron chi connectivity index (χ3n) is 6.51. The van der Waals surface area contributed by atoms with E-state index in [1.54, 1.807) is 42.0 Å². The van der Waals surface area contributed by atoms with Gasteiger partial charge >= 0.3 is 0 Å². The molecular weight excluding hydrogens is 568 g/mol. The number of rotatable bonds is 8. The number of piperidine rings is 1. The number of nitrogens with zero attached hydrogens (tertiary/aromatic N) is 3. The molecule has 0 radical (unpaired) electrons. The van der Waals surface area contributed by atoms with Crippen LogP contribution < -0.4 is 20.1 Å². The maximum Gasteiger partial charge on any atom is 0.263 e. The van der Waals surface area contributed by atoms with Gasteiger partial charge in [0, 0.05) is 29.6 Å². The number of halogens is 1. The number of anilines is 2. The molecule has 1 fully saturated rings. The monoisotopic (exact) mass is 592 g/mol. The molecule has 3 N–H and O–H groups in total. The predicted octanol–water partition coefficient (Wildman–Crippen LogP) is 6.16. The summed E-state index contributed by atoms with van der Waals surface area (Å²) in [4.78, 5) is 14.3. The highest BCUT2D eigenvalue weighted by atomic mass is 35.5. The second kappa shape index (κ2) is 11.4. The van der Waals surface area contributed by atoms with E-state index in [-0.39, 0.29) is 16.0 Å². The maximum absolute atomic E-state index is 13.1. The maximum atomic E-state index is 13.1. The molecule has 1 unspecified atom stereocenters. The first-order chi connectivity index (χ1) is 19.5. The van der Waals surface area contributed by atoms with Crippen LogP contribution in [-0.4, -0.2) is 42.5 Å². The van der Waals surface area contributed by atoms with Crippen LogP contribution in [0.2, 0.25) is 5.02 Å². The molecule has 1 saturated heterocycles. The van der Waals surface area contributed by atoms with Crippen LogP contribution in [-0.2, 0) is 10.0 Å². The van der Waals surface area contributed by atoms with Gasteiger partial charge in [0.1, 0.15) is 15.5 Å². The molecule has 1 aliphatic rings. The Labute approximate surface area is 240 Å². The molecule has 3 aromatic carbocycles. The average molecular weight is 593 g/mol. The first-order valence-corrected chi connectivity index (χ1v) is 15.4. The van der Waals surface area contributed by atoms with Gasteiger partial charge in [0.2, 0.25) is 11.8 Å². The molecule has 0 saturated carbocycles. The summed E-state index contributed by atoms with van der Waals surface area (Å²) < 4.78 is 35.2. The molecule has 0 spiro atoms. The van der Waals surface area contributed by atoms with E-state index in [1.165, 1.54) is 17.4 Å². The summed E-state index contributed by atoms with van der Waals surface area (Å²) in [6.07, 6.45) is 3.89. The summed E-state index contributed by atoms with van der Waals surface area (Å²) >= 11 is 7.58. The lowest BCUT2D eigenvalue weighted by molar-refractivity contribution is 0.473. The fraction of sp³-hybridized carbons (Fsp3) is 0.179. The summed E-state index contributed by atoms with van der Waals surface area (Å²) in [5.74, 6) is 1.50. The van der Waals surface area contributed by atoms with Gasteiger partial charge in [-0.1, -0.05) is 48.0 Å². The third-order valence-corrected chi connectivity index (χ3v) is 9.21. The Morgan fingerprint density at radius 3 is 2.70 bits per heavy atom. The van der Waals surface area contributed by atoms with Gasteiger partial charge in [-0.2, -0.15) is 0 Å². The Bertz CT molecular complexity index is 1770. The minimum Gasteiger partial charge on any atom is -0.437 e. The standard InChI is InChI=1S/C28H25ClN6O3S2/c29-21-9-1-2-12-25(21)40(36,37)35-22-10-3-8-20-19(22)7-4-11-24(20)38-27-26(39-17-32-27)23-13-15-31-28(34-23)33-18-6-5-14-30-16-18/h1-4,7-13,15,17-18,30,35H,5-6,14,16H2,(H,31,33,34). The molecular formula is C28H25ClN6O3S2. The fourth-order valence-electron chi connectivity index (χ4n) is 4.62. The molecule has 6 rings (SSSR count). The molecule has 40 heavy (non-hydrogen) atoms. The Balaban J connectivity index is 1.28. The van der Waals surface area contributed by atoms with Crippen LogP contribution in [0, 0.1) is 0 Å². The van der Waals surface area contributed by atoms with Gasteiger partial charge in [0.25, 0.3) is 10.0 Å². The van der Waals surface area contributed by atoms with E-state index in [9.17, 15) is 8.42 Å². The van der Waals surface area contributed by atoms with Crippen LogP contribution in [0.4, 0.5) is 11.6 Å². The van der Waals surface area contributed by atoms with Crippen molar-refractivity contribution in [3.8, 4) is 22.2 Å². The zero-order valence-corrected chi connectivity index (χ0v) is 23.6. The van der Waals surface area contributed by atoms with Crippen molar-refractivity contribution in [1.29, 1.82) is 0 Å². The molecule has 5 aromatic rings. The molecule has 204 valence electrons. The van der Waals surface area contributed by atoms with Crippen molar-refractivity contribution in [3.63, 3.8) is 0 Å². The third kappa shape index (κ3) is 5.59. The fourth-order valence-corrected chi connectivity index (χ4v) is 6.90. The van der Waals surface area contributed by atoms with Gasteiger partial charge in [-0.25, -0.2) is 23.4 Å². The average Bonchev–Trinajstić information content (AvgIpc) is 3.42. The van der Waals surface area contributed by atoms with E-state index in [1.807, 2.05) is 30.3 Å². The quantitative estimate of drug-likeness (QED) is 0.196. The number of nitrogens with one attached hydrogen (secondary N) is 3. The van der Waals surface area contributed by atoms with Gasteiger partial charge in [-0.05, 0) is 49.7 Å². The van der Waals surface area contributed by atoms with Crippen molar-refractivity contribution in [2.45, 2.75) is 23.8 Å². The van der Waals surface area contributed by atoms with Gasteiger partial charge in [-0.3, -0.25) is 4.72 Å². The van der Waals surface area contributed by atoms with E-state index >= 15 is 0 Å². The largest absolute Gasteiger partial charge is 0.437 e. The van der Waals surface area contributed by atoms with E-state index < -0.39 is 10.0 Å². The van der Waals surface area contributed by atoms with E-state index in [4.69, 9.17) is 21.3 Å². The van der Waals surface area contributed by atoms with Crippen molar-refractivity contribution in [1.82, 2.24) is 20.3 Å². The molecule has 0 bridgehead atoms. The molecule has 1 atom stereocenters. The second-order valence-corrected chi connectivity index (χ2v) is 12.1. The summed E-state index contributed by atoms with van der Waals surface area (Å²) in [7, 11) is -3.91. The van der Waals surface area contributed by atoms with Crippen LogP contribution in [0.3, 0.4) is 0 Å². The lowest BCUT2D eigenvalue weighted by Crippen LogP contribution is -2.38. The van der Waals surface area contributed by atoms with Crippen LogP contribution in [0.25, 0.3) is 21.3 Å². The SMILES string of the molecule is O=S(=O)(Nc1cccc2c(Oc3ncsc3-c3ccnc(NC4CCCNC4)n3)cccc12)c1ccccc1Cl. The van der Waals surface area contributed by atoms with E-state index in [2.05, 4.69) is 25.3 Å². The van der Waals surface area contributed by atoms with Gasteiger partial charge < -0.3 is 15.4 Å². The highest BCUT2D eigenvalue weighted by Gasteiger charge is 2.20. The summed E-state index contributed by atoms with van der Waals surface area (Å²) in [6, 6.07) is 19.2. The summed E-state index contributed by atoms with van der Waals surface area (Å²) in [6.45, 7) is 1.91. The van der Waals surface area contributed by atoms with Crippen LogP contribution in [0.15, 0.2) is 83.3 Å². The number of sulfonamides is 1.